The van der Waals surface area contributed by atoms with Crippen LogP contribution in [0.15, 0.2) is 36.4 Å². The third-order valence-electron chi connectivity index (χ3n) is 2.94. The van der Waals surface area contributed by atoms with Crippen molar-refractivity contribution >= 4 is 5.69 Å². The Morgan fingerprint density at radius 3 is 2.30 bits per heavy atom. The fourth-order valence-corrected chi connectivity index (χ4v) is 1.90. The van der Waals surface area contributed by atoms with Crippen LogP contribution in [0.4, 0.5) is 18.9 Å². The molecule has 0 aromatic heterocycles. The SMILES string of the molecule is Cc1ccc(NCC(O)c2c(F)cccc2F)c(F)c1. The van der Waals surface area contributed by atoms with Gasteiger partial charge in [-0.15, -0.1) is 0 Å². The first-order chi connectivity index (χ1) is 9.49. The van der Waals surface area contributed by atoms with E-state index in [0.29, 0.717) is 0 Å². The number of benzene rings is 2. The van der Waals surface area contributed by atoms with Gasteiger partial charge in [0.1, 0.15) is 23.6 Å². The molecule has 1 unspecified atom stereocenters. The zero-order valence-electron chi connectivity index (χ0n) is 10.8. The highest BCUT2D eigenvalue weighted by atomic mass is 19.1. The van der Waals surface area contributed by atoms with Crippen molar-refractivity contribution in [3.8, 4) is 0 Å². The van der Waals surface area contributed by atoms with Crippen molar-refractivity contribution in [3.63, 3.8) is 0 Å². The van der Waals surface area contributed by atoms with Crippen molar-refractivity contribution in [2.75, 3.05) is 11.9 Å². The lowest BCUT2D eigenvalue weighted by Gasteiger charge is -2.15. The maximum atomic E-state index is 13.6. The van der Waals surface area contributed by atoms with E-state index >= 15 is 0 Å². The Morgan fingerprint density at radius 2 is 1.70 bits per heavy atom. The molecule has 2 N–H and O–H groups in total. The highest BCUT2D eigenvalue weighted by Gasteiger charge is 2.17. The maximum absolute atomic E-state index is 13.6. The van der Waals surface area contributed by atoms with Gasteiger partial charge in [-0.1, -0.05) is 12.1 Å². The molecule has 0 heterocycles. The summed E-state index contributed by atoms with van der Waals surface area (Å²) < 4.78 is 40.5. The van der Waals surface area contributed by atoms with Crippen LogP contribution in [0.25, 0.3) is 0 Å². The Hall–Kier alpha value is -2.01. The fraction of sp³-hybridized carbons (Fsp3) is 0.200. The number of nitrogens with one attached hydrogen (secondary N) is 1. The van der Waals surface area contributed by atoms with Gasteiger partial charge in [0.05, 0.1) is 11.3 Å². The third-order valence-corrected chi connectivity index (χ3v) is 2.94. The Kier molecular flexibility index (Phi) is 4.29. The van der Waals surface area contributed by atoms with Crippen molar-refractivity contribution in [3.05, 3.63) is 65.0 Å². The lowest BCUT2D eigenvalue weighted by Crippen LogP contribution is -2.15. The number of hydrogen-bond donors (Lipinski definition) is 2. The number of anilines is 1. The molecule has 20 heavy (non-hydrogen) atoms. The van der Waals surface area contributed by atoms with E-state index in [0.717, 1.165) is 17.7 Å². The monoisotopic (exact) mass is 281 g/mol. The van der Waals surface area contributed by atoms with Gasteiger partial charge in [0, 0.05) is 6.54 Å². The van der Waals surface area contributed by atoms with Gasteiger partial charge >= 0.3 is 0 Å². The van der Waals surface area contributed by atoms with Crippen LogP contribution in [-0.4, -0.2) is 11.7 Å². The zero-order valence-corrected chi connectivity index (χ0v) is 10.8. The summed E-state index contributed by atoms with van der Waals surface area (Å²) in [6, 6.07) is 7.88. The number of aliphatic hydroxyl groups excluding tert-OH is 1. The second-order valence-electron chi connectivity index (χ2n) is 4.52. The smallest absolute Gasteiger partial charge is 0.146 e. The van der Waals surface area contributed by atoms with Gasteiger partial charge in [-0.05, 0) is 36.8 Å². The van der Waals surface area contributed by atoms with Crippen LogP contribution in [-0.2, 0) is 0 Å². The minimum absolute atomic E-state index is 0.173. The van der Waals surface area contributed by atoms with Crippen molar-refractivity contribution in [1.29, 1.82) is 0 Å². The molecular formula is C15H14F3NO. The lowest BCUT2D eigenvalue weighted by molar-refractivity contribution is 0.181. The van der Waals surface area contributed by atoms with E-state index in [1.54, 1.807) is 13.0 Å². The third kappa shape index (κ3) is 3.11. The topological polar surface area (TPSA) is 32.3 Å². The standard InChI is InChI=1S/C15H14F3NO/c1-9-5-6-13(12(18)7-9)19-8-14(20)15-10(16)3-2-4-11(15)17/h2-7,14,19-20H,8H2,1H3. The molecule has 2 aromatic carbocycles. The van der Waals surface area contributed by atoms with Crippen molar-refractivity contribution in [2.24, 2.45) is 0 Å². The van der Waals surface area contributed by atoms with Gasteiger partial charge in [0.2, 0.25) is 0 Å². The first kappa shape index (κ1) is 14.4. The Balaban J connectivity index is 2.11. The Bertz CT molecular complexity index is 596. The lowest BCUT2D eigenvalue weighted by atomic mass is 10.1. The molecule has 0 amide bonds. The molecule has 2 aromatic rings. The molecule has 2 nitrogen and oxygen atoms in total. The highest BCUT2D eigenvalue weighted by molar-refractivity contribution is 5.46. The summed E-state index contributed by atoms with van der Waals surface area (Å²) in [7, 11) is 0. The zero-order chi connectivity index (χ0) is 14.7. The second kappa shape index (κ2) is 5.96. The van der Waals surface area contributed by atoms with E-state index in [4.69, 9.17) is 0 Å². The summed E-state index contributed by atoms with van der Waals surface area (Å²) in [6.45, 7) is 1.55. The van der Waals surface area contributed by atoms with Crippen molar-refractivity contribution in [2.45, 2.75) is 13.0 Å². The first-order valence-electron chi connectivity index (χ1n) is 6.11. The van der Waals surface area contributed by atoms with Crippen LogP contribution in [0.2, 0.25) is 0 Å². The van der Waals surface area contributed by atoms with E-state index in [-0.39, 0.29) is 12.2 Å². The number of halogens is 3. The van der Waals surface area contributed by atoms with Crippen LogP contribution in [0, 0.1) is 24.4 Å². The van der Waals surface area contributed by atoms with Crippen LogP contribution < -0.4 is 5.32 Å². The number of rotatable bonds is 4. The van der Waals surface area contributed by atoms with Gasteiger partial charge < -0.3 is 10.4 Å². The minimum atomic E-state index is -1.41. The van der Waals surface area contributed by atoms with Gasteiger partial charge in [-0.3, -0.25) is 0 Å². The molecule has 106 valence electrons. The molecule has 0 aliphatic heterocycles. The van der Waals surface area contributed by atoms with E-state index in [1.165, 1.54) is 18.2 Å². The van der Waals surface area contributed by atoms with Crippen molar-refractivity contribution < 1.29 is 18.3 Å². The normalized spacial score (nSPS) is 12.2. The van der Waals surface area contributed by atoms with Gasteiger partial charge in [-0.2, -0.15) is 0 Å². The van der Waals surface area contributed by atoms with Crippen LogP contribution in [0.1, 0.15) is 17.2 Å². The molecule has 0 aliphatic rings. The average Bonchev–Trinajstić information content (AvgIpc) is 2.37. The number of hydrogen-bond acceptors (Lipinski definition) is 2. The summed E-state index contributed by atoms with van der Waals surface area (Å²) in [5.41, 5.74) is 0.507. The summed E-state index contributed by atoms with van der Waals surface area (Å²) >= 11 is 0. The first-order valence-corrected chi connectivity index (χ1v) is 6.11. The van der Waals surface area contributed by atoms with E-state index in [2.05, 4.69) is 5.32 Å². The molecule has 2 rings (SSSR count). The quantitative estimate of drug-likeness (QED) is 0.898. The summed E-state index contributed by atoms with van der Waals surface area (Å²) in [5, 5.41) is 12.5. The Morgan fingerprint density at radius 1 is 1.05 bits per heavy atom. The van der Waals surface area contributed by atoms with Gasteiger partial charge in [0.25, 0.3) is 0 Å². The van der Waals surface area contributed by atoms with E-state index < -0.39 is 29.1 Å². The largest absolute Gasteiger partial charge is 0.386 e. The molecule has 0 radical (unpaired) electrons. The highest BCUT2D eigenvalue weighted by Crippen LogP contribution is 2.22. The number of aryl methyl sites for hydroxylation is 1. The maximum Gasteiger partial charge on any atom is 0.146 e. The molecule has 0 aliphatic carbocycles. The molecule has 0 spiro atoms. The van der Waals surface area contributed by atoms with E-state index in [9.17, 15) is 18.3 Å². The fourth-order valence-electron chi connectivity index (χ4n) is 1.90. The summed E-state index contributed by atoms with van der Waals surface area (Å²) in [5.74, 6) is -2.14. The predicted molar refractivity (Wildman–Crippen MR) is 70.9 cm³/mol. The Labute approximate surface area is 114 Å². The van der Waals surface area contributed by atoms with Crippen LogP contribution in [0.5, 0.6) is 0 Å². The average molecular weight is 281 g/mol. The van der Waals surface area contributed by atoms with Gasteiger partial charge in [0.15, 0.2) is 0 Å². The molecule has 1 atom stereocenters. The minimum Gasteiger partial charge on any atom is -0.386 e. The predicted octanol–water partition coefficient (Wildman–Crippen LogP) is 3.56. The molecule has 0 fully saturated rings. The van der Waals surface area contributed by atoms with Crippen LogP contribution in [0.3, 0.4) is 0 Å². The summed E-state index contributed by atoms with van der Waals surface area (Å²) in [6.07, 6.45) is -1.41. The van der Waals surface area contributed by atoms with Crippen molar-refractivity contribution in [1.82, 2.24) is 0 Å². The number of aliphatic hydroxyl groups is 1. The molecular weight excluding hydrogens is 267 g/mol. The molecule has 0 bridgehead atoms. The summed E-state index contributed by atoms with van der Waals surface area (Å²) in [4.78, 5) is 0. The molecule has 5 heteroatoms. The second-order valence-corrected chi connectivity index (χ2v) is 4.52. The molecule has 0 saturated carbocycles. The van der Waals surface area contributed by atoms with E-state index in [1.807, 2.05) is 0 Å². The molecule has 0 saturated heterocycles. The van der Waals surface area contributed by atoms with Gasteiger partial charge in [-0.25, -0.2) is 13.2 Å². The van der Waals surface area contributed by atoms with Crippen LogP contribution >= 0.6 is 0 Å².